The molecule has 0 heterocycles. The predicted octanol–water partition coefficient (Wildman–Crippen LogP) is 1.10. The second kappa shape index (κ2) is 5.12. The number of phenolic OH excluding ortho intramolecular Hbond substituents is 1. The summed E-state index contributed by atoms with van der Waals surface area (Å²) in [4.78, 5) is 0. The normalized spacial score (nSPS) is 12.1. The molecule has 16 heavy (non-hydrogen) atoms. The van der Waals surface area contributed by atoms with E-state index in [-0.39, 0.29) is 41.8 Å². The van der Waals surface area contributed by atoms with E-state index in [1.807, 2.05) is 18.2 Å². The first-order valence-electron chi connectivity index (χ1n) is 5.47. The van der Waals surface area contributed by atoms with Gasteiger partial charge in [-0.3, -0.25) is 0 Å². The predicted molar refractivity (Wildman–Crippen MR) is 66.6 cm³/mol. The van der Waals surface area contributed by atoms with Gasteiger partial charge in [-0.2, -0.15) is 0 Å². The molecule has 0 aliphatic heterocycles. The largest absolute Gasteiger partial charge is 1.00 e. The first kappa shape index (κ1) is 16.0. The zero-order valence-electron chi connectivity index (χ0n) is 12.7. The van der Waals surface area contributed by atoms with Gasteiger partial charge in [-0.1, -0.05) is 59.7 Å². The molecule has 86 valence electrons. The van der Waals surface area contributed by atoms with Crippen LogP contribution in [0.15, 0.2) is 18.2 Å². The van der Waals surface area contributed by atoms with Gasteiger partial charge in [0.15, 0.2) is 0 Å². The third kappa shape index (κ3) is 3.51. The van der Waals surface area contributed by atoms with Gasteiger partial charge in [0.25, 0.3) is 0 Å². The minimum Gasteiger partial charge on any atom is -1.00 e. The fourth-order valence-corrected chi connectivity index (χ4v) is 1.75. The van der Waals surface area contributed by atoms with Crippen molar-refractivity contribution in [1.29, 1.82) is 0 Å². The van der Waals surface area contributed by atoms with E-state index in [4.69, 9.17) is 0 Å². The fraction of sp³-hybridized carbons (Fsp3) is 0.571. The molecule has 2 heteroatoms. The molecule has 1 aromatic rings. The van der Waals surface area contributed by atoms with Gasteiger partial charge in [0.05, 0.1) is 0 Å². The van der Waals surface area contributed by atoms with Gasteiger partial charge in [0.1, 0.15) is 5.75 Å². The maximum Gasteiger partial charge on any atom is 1.00 e. The Balaban J connectivity index is 0. The van der Waals surface area contributed by atoms with Crippen LogP contribution >= 0.6 is 0 Å². The zero-order valence-corrected chi connectivity index (χ0v) is 13.7. The van der Waals surface area contributed by atoms with E-state index in [1.165, 1.54) is 0 Å². The van der Waals surface area contributed by atoms with E-state index in [2.05, 4.69) is 41.5 Å². The third-order valence-corrected chi connectivity index (χ3v) is 2.65. The molecule has 1 aromatic carbocycles. The summed E-state index contributed by atoms with van der Waals surface area (Å²) in [6, 6.07) is 6.04. The Kier molecular flexibility index (Phi) is 5.12. The second-order valence-electron chi connectivity index (χ2n) is 6.20. The summed E-state index contributed by atoms with van der Waals surface area (Å²) in [7, 11) is 0. The standard InChI is InChI=1S/C14H22O.Na.H/c1-13(2,3)10-8-7-9-11(12(10)15)14(4,5)6;;/h7-9,15H,1-6H3;;/q;+1;-1. The van der Waals surface area contributed by atoms with Crippen molar-refractivity contribution in [3.63, 3.8) is 0 Å². The Morgan fingerprint density at radius 1 is 0.875 bits per heavy atom. The van der Waals surface area contributed by atoms with Crippen LogP contribution in [0.4, 0.5) is 0 Å². The molecule has 0 fully saturated rings. The van der Waals surface area contributed by atoms with Gasteiger partial charge in [-0.25, -0.2) is 0 Å². The number of rotatable bonds is 0. The molecule has 0 unspecified atom stereocenters. The maximum atomic E-state index is 10.3. The fourth-order valence-electron chi connectivity index (χ4n) is 1.75. The summed E-state index contributed by atoms with van der Waals surface area (Å²) in [5.74, 6) is 0.456. The summed E-state index contributed by atoms with van der Waals surface area (Å²) in [6.07, 6.45) is 0. The van der Waals surface area contributed by atoms with Crippen molar-refractivity contribution in [2.75, 3.05) is 0 Å². The summed E-state index contributed by atoms with van der Waals surface area (Å²) in [5.41, 5.74) is 2.03. The number of benzene rings is 1. The van der Waals surface area contributed by atoms with Crippen molar-refractivity contribution in [3.05, 3.63) is 29.3 Å². The molecule has 0 bridgehead atoms. The van der Waals surface area contributed by atoms with Gasteiger partial charge in [-0.15, -0.1) is 0 Å². The van der Waals surface area contributed by atoms with Crippen LogP contribution in [0, 0.1) is 0 Å². The average Bonchev–Trinajstić information content (AvgIpc) is 1.99. The molecular weight excluding hydrogens is 207 g/mol. The summed E-state index contributed by atoms with van der Waals surface area (Å²) >= 11 is 0. The minimum atomic E-state index is -0.00859. The SMILES string of the molecule is CC(C)(C)c1cccc(C(C)(C)C)c1O.[H-].[Na+]. The quantitative estimate of drug-likeness (QED) is 0.662. The molecule has 0 spiro atoms. The van der Waals surface area contributed by atoms with Crippen molar-refractivity contribution in [2.24, 2.45) is 0 Å². The van der Waals surface area contributed by atoms with Gasteiger partial charge in [0, 0.05) is 0 Å². The molecule has 0 radical (unpaired) electrons. The first-order chi connectivity index (χ1) is 6.64. The van der Waals surface area contributed by atoms with Crippen LogP contribution in [-0.2, 0) is 10.8 Å². The van der Waals surface area contributed by atoms with Crippen LogP contribution in [0.1, 0.15) is 54.1 Å². The topological polar surface area (TPSA) is 20.2 Å². The minimum absolute atomic E-state index is 0. The Labute approximate surface area is 123 Å². The monoisotopic (exact) mass is 230 g/mol. The molecular formula is C14H23NaO. The van der Waals surface area contributed by atoms with E-state index >= 15 is 0 Å². The van der Waals surface area contributed by atoms with Crippen molar-refractivity contribution < 1.29 is 36.1 Å². The summed E-state index contributed by atoms with van der Waals surface area (Å²) in [5, 5.41) is 10.3. The molecule has 0 aromatic heterocycles. The molecule has 0 atom stereocenters. The number of phenols is 1. The molecule has 0 saturated carbocycles. The van der Waals surface area contributed by atoms with Crippen LogP contribution in [0.5, 0.6) is 5.75 Å². The van der Waals surface area contributed by atoms with Crippen molar-refractivity contribution >= 4 is 0 Å². The van der Waals surface area contributed by atoms with Crippen molar-refractivity contribution in [1.82, 2.24) is 0 Å². The Morgan fingerprint density at radius 3 is 1.44 bits per heavy atom. The molecule has 0 aliphatic rings. The van der Waals surface area contributed by atoms with Crippen molar-refractivity contribution in [2.45, 2.75) is 52.4 Å². The summed E-state index contributed by atoms with van der Waals surface area (Å²) < 4.78 is 0. The smallest absolute Gasteiger partial charge is 1.00 e. The number of para-hydroxylation sites is 1. The van der Waals surface area contributed by atoms with Gasteiger partial charge < -0.3 is 6.53 Å². The maximum absolute atomic E-state index is 10.3. The van der Waals surface area contributed by atoms with E-state index in [0.29, 0.717) is 5.75 Å². The van der Waals surface area contributed by atoms with Crippen molar-refractivity contribution in [3.8, 4) is 5.75 Å². The first-order valence-corrected chi connectivity index (χ1v) is 5.47. The Bertz CT molecular complexity index is 329. The molecule has 1 rings (SSSR count). The van der Waals surface area contributed by atoms with E-state index < -0.39 is 0 Å². The second-order valence-corrected chi connectivity index (χ2v) is 6.20. The summed E-state index contributed by atoms with van der Waals surface area (Å²) in [6.45, 7) is 12.7. The van der Waals surface area contributed by atoms with Gasteiger partial charge >= 0.3 is 29.6 Å². The molecule has 1 nitrogen and oxygen atoms in total. The third-order valence-electron chi connectivity index (χ3n) is 2.65. The van der Waals surface area contributed by atoms with Crippen LogP contribution in [-0.4, -0.2) is 5.11 Å². The zero-order chi connectivity index (χ0) is 11.9. The Hall–Kier alpha value is 0.0200. The molecule has 0 saturated heterocycles. The number of hydrogen-bond acceptors (Lipinski definition) is 1. The van der Waals surface area contributed by atoms with Crippen LogP contribution in [0.25, 0.3) is 0 Å². The molecule has 0 aliphatic carbocycles. The van der Waals surface area contributed by atoms with Crippen LogP contribution in [0.3, 0.4) is 0 Å². The van der Waals surface area contributed by atoms with Gasteiger partial charge in [-0.05, 0) is 22.0 Å². The van der Waals surface area contributed by atoms with E-state index in [9.17, 15) is 5.11 Å². The number of aromatic hydroxyl groups is 1. The van der Waals surface area contributed by atoms with Crippen LogP contribution < -0.4 is 29.6 Å². The molecule has 0 amide bonds. The van der Waals surface area contributed by atoms with Gasteiger partial charge in [0.2, 0.25) is 0 Å². The average molecular weight is 230 g/mol. The molecule has 1 N–H and O–H groups in total. The van der Waals surface area contributed by atoms with Crippen LogP contribution in [0.2, 0.25) is 0 Å². The van der Waals surface area contributed by atoms with E-state index in [0.717, 1.165) is 11.1 Å². The number of hydrogen-bond donors (Lipinski definition) is 1. The van der Waals surface area contributed by atoms with E-state index in [1.54, 1.807) is 0 Å². The Morgan fingerprint density at radius 2 is 1.19 bits per heavy atom.